The smallest absolute Gasteiger partial charge is 0.303 e. The molecule has 1 amide bonds. The number of carboxylic acids is 1. The van der Waals surface area contributed by atoms with Gasteiger partial charge >= 0.3 is 5.97 Å². The van der Waals surface area contributed by atoms with Gasteiger partial charge in [0.05, 0.1) is 6.42 Å². The van der Waals surface area contributed by atoms with Crippen LogP contribution in [0.3, 0.4) is 0 Å². The molecule has 6 heteroatoms. The van der Waals surface area contributed by atoms with Gasteiger partial charge < -0.3 is 15.3 Å². The van der Waals surface area contributed by atoms with Gasteiger partial charge in [-0.05, 0) is 13.1 Å². The van der Waals surface area contributed by atoms with E-state index in [-0.39, 0.29) is 31.2 Å². The number of amides is 1. The number of rotatable bonds is 8. The molecule has 0 aromatic carbocycles. The molecule has 0 heterocycles. The van der Waals surface area contributed by atoms with Crippen molar-refractivity contribution >= 4 is 24.3 Å². The summed E-state index contributed by atoms with van der Waals surface area (Å²) in [4.78, 5) is 23.5. The first kappa shape index (κ1) is 17.6. The number of carbonyl (C=O) groups is 2. The second-order valence-electron chi connectivity index (χ2n) is 3.27. The largest absolute Gasteiger partial charge is 0.481 e. The highest BCUT2D eigenvalue weighted by Gasteiger charge is 2.05. The van der Waals surface area contributed by atoms with Gasteiger partial charge in [-0.3, -0.25) is 9.59 Å². The lowest BCUT2D eigenvalue weighted by Crippen LogP contribution is -2.34. The average Bonchev–Trinajstić information content (AvgIpc) is 2.21. The van der Waals surface area contributed by atoms with E-state index in [1.807, 2.05) is 0 Å². The fraction of sp³-hybridized carbons (Fsp3) is 0.800. The molecular weight excluding hydrogens is 232 g/mol. The third-order valence-corrected chi connectivity index (χ3v) is 2.21. The maximum Gasteiger partial charge on any atom is 0.303 e. The molecule has 0 aliphatic rings. The Morgan fingerprint density at radius 1 is 1.19 bits per heavy atom. The van der Waals surface area contributed by atoms with Crippen molar-refractivity contribution in [2.24, 2.45) is 0 Å². The Morgan fingerprint density at radius 2 is 1.75 bits per heavy atom. The average molecular weight is 253 g/mol. The van der Waals surface area contributed by atoms with Gasteiger partial charge in [-0.1, -0.05) is 13.8 Å². The fourth-order valence-corrected chi connectivity index (χ4v) is 1.20. The van der Waals surface area contributed by atoms with Crippen LogP contribution in [-0.2, 0) is 9.59 Å². The van der Waals surface area contributed by atoms with Crippen molar-refractivity contribution in [1.29, 1.82) is 0 Å². The van der Waals surface area contributed by atoms with E-state index in [2.05, 4.69) is 24.1 Å². The predicted molar refractivity (Wildman–Crippen MR) is 64.9 cm³/mol. The maximum absolute atomic E-state index is 11.1. The Balaban J connectivity index is 0. The third kappa shape index (κ3) is 9.73. The van der Waals surface area contributed by atoms with Gasteiger partial charge in [0.25, 0.3) is 0 Å². The fourth-order valence-electron chi connectivity index (χ4n) is 1.20. The van der Waals surface area contributed by atoms with Crippen LogP contribution in [-0.4, -0.2) is 48.1 Å². The molecule has 0 saturated carbocycles. The van der Waals surface area contributed by atoms with E-state index in [4.69, 9.17) is 5.11 Å². The van der Waals surface area contributed by atoms with E-state index in [0.717, 1.165) is 19.6 Å². The second kappa shape index (κ2) is 10.7. The number of carboxylic acid groups (broad SMARTS) is 1. The second-order valence-corrected chi connectivity index (χ2v) is 3.27. The summed E-state index contributed by atoms with van der Waals surface area (Å²) in [6.45, 7) is 7.44. The van der Waals surface area contributed by atoms with Crippen molar-refractivity contribution in [1.82, 2.24) is 10.2 Å². The van der Waals surface area contributed by atoms with E-state index in [1.54, 1.807) is 0 Å². The summed E-state index contributed by atoms with van der Waals surface area (Å²) < 4.78 is 0. The van der Waals surface area contributed by atoms with Crippen molar-refractivity contribution in [2.75, 3.05) is 26.2 Å². The summed E-state index contributed by atoms with van der Waals surface area (Å²) in [6, 6.07) is 0. The SMILES string of the molecule is CCN(CC)CCNC(=O)CCC(=O)O.Cl. The van der Waals surface area contributed by atoms with Gasteiger partial charge in [0, 0.05) is 19.5 Å². The number of halogens is 1. The lowest BCUT2D eigenvalue weighted by molar-refractivity contribution is -0.138. The van der Waals surface area contributed by atoms with Gasteiger partial charge in [-0.2, -0.15) is 0 Å². The number of likely N-dealkylation sites (N-methyl/N-ethyl adjacent to an activating group) is 1. The summed E-state index contributed by atoms with van der Waals surface area (Å²) in [6.07, 6.45) is -0.0370. The van der Waals surface area contributed by atoms with Crippen LogP contribution in [0.25, 0.3) is 0 Å². The van der Waals surface area contributed by atoms with E-state index in [1.165, 1.54) is 0 Å². The molecule has 0 rings (SSSR count). The zero-order valence-electron chi connectivity index (χ0n) is 9.86. The number of hydrogen-bond acceptors (Lipinski definition) is 3. The topological polar surface area (TPSA) is 69.6 Å². The molecule has 0 radical (unpaired) electrons. The van der Waals surface area contributed by atoms with Gasteiger partial charge in [-0.25, -0.2) is 0 Å². The predicted octanol–water partition coefficient (Wildman–Crippen LogP) is 0.731. The molecule has 0 atom stereocenters. The van der Waals surface area contributed by atoms with Crippen LogP contribution in [0.5, 0.6) is 0 Å². The van der Waals surface area contributed by atoms with Crippen LogP contribution in [0.1, 0.15) is 26.7 Å². The Morgan fingerprint density at radius 3 is 2.19 bits per heavy atom. The van der Waals surface area contributed by atoms with Crippen molar-refractivity contribution in [3.05, 3.63) is 0 Å². The normalized spacial score (nSPS) is 9.69. The number of aliphatic carboxylic acids is 1. The maximum atomic E-state index is 11.1. The third-order valence-electron chi connectivity index (χ3n) is 2.21. The van der Waals surface area contributed by atoms with Crippen LogP contribution in [0.15, 0.2) is 0 Å². The standard InChI is InChI=1S/C10H20N2O3.ClH/c1-3-12(4-2)8-7-11-9(13)5-6-10(14)15;/h3-8H2,1-2H3,(H,11,13)(H,14,15);1H. The van der Waals surface area contributed by atoms with Gasteiger partial charge in [-0.15, -0.1) is 12.4 Å². The molecule has 0 spiro atoms. The highest BCUT2D eigenvalue weighted by atomic mass is 35.5. The Labute approximate surface area is 103 Å². The Kier molecular flexibility index (Phi) is 11.8. The van der Waals surface area contributed by atoms with Crippen LogP contribution in [0, 0.1) is 0 Å². The van der Waals surface area contributed by atoms with Crippen molar-refractivity contribution in [3.63, 3.8) is 0 Å². The lowest BCUT2D eigenvalue weighted by atomic mass is 10.3. The van der Waals surface area contributed by atoms with Crippen LogP contribution in [0.2, 0.25) is 0 Å². The molecule has 96 valence electrons. The van der Waals surface area contributed by atoms with E-state index in [9.17, 15) is 9.59 Å². The summed E-state index contributed by atoms with van der Waals surface area (Å²) in [5.74, 6) is -1.13. The highest BCUT2D eigenvalue weighted by Crippen LogP contribution is 1.89. The summed E-state index contributed by atoms with van der Waals surface area (Å²) in [5, 5.41) is 11.1. The summed E-state index contributed by atoms with van der Waals surface area (Å²) in [5.41, 5.74) is 0. The minimum atomic E-state index is -0.936. The molecule has 5 nitrogen and oxygen atoms in total. The first-order chi connectivity index (χ1) is 7.10. The minimum absolute atomic E-state index is 0. The molecule has 16 heavy (non-hydrogen) atoms. The molecule has 0 aromatic heterocycles. The lowest BCUT2D eigenvalue weighted by Gasteiger charge is -2.17. The Hall–Kier alpha value is -0.810. The molecule has 0 aromatic rings. The number of nitrogens with one attached hydrogen (secondary N) is 1. The molecule has 0 fully saturated rings. The first-order valence-corrected chi connectivity index (χ1v) is 5.31. The quantitative estimate of drug-likeness (QED) is 0.668. The molecule has 0 bridgehead atoms. The highest BCUT2D eigenvalue weighted by molar-refractivity contribution is 5.85. The number of hydrogen-bond donors (Lipinski definition) is 2. The van der Waals surface area contributed by atoms with E-state index >= 15 is 0 Å². The van der Waals surface area contributed by atoms with Gasteiger partial charge in [0.2, 0.25) is 5.91 Å². The van der Waals surface area contributed by atoms with Gasteiger partial charge in [0.15, 0.2) is 0 Å². The molecule has 0 aliphatic carbocycles. The molecule has 2 N–H and O–H groups in total. The zero-order chi connectivity index (χ0) is 11.7. The number of nitrogens with zero attached hydrogens (tertiary/aromatic N) is 1. The van der Waals surface area contributed by atoms with E-state index in [0.29, 0.717) is 6.54 Å². The van der Waals surface area contributed by atoms with Crippen molar-refractivity contribution in [3.8, 4) is 0 Å². The van der Waals surface area contributed by atoms with Crippen molar-refractivity contribution in [2.45, 2.75) is 26.7 Å². The molecular formula is C10H21ClN2O3. The first-order valence-electron chi connectivity index (χ1n) is 5.31. The molecule has 0 saturated heterocycles. The minimum Gasteiger partial charge on any atom is -0.481 e. The van der Waals surface area contributed by atoms with Gasteiger partial charge in [0.1, 0.15) is 0 Å². The number of carbonyl (C=O) groups excluding carboxylic acids is 1. The summed E-state index contributed by atoms with van der Waals surface area (Å²) in [7, 11) is 0. The summed E-state index contributed by atoms with van der Waals surface area (Å²) >= 11 is 0. The molecule has 0 aliphatic heterocycles. The van der Waals surface area contributed by atoms with E-state index < -0.39 is 5.97 Å². The van der Waals surface area contributed by atoms with Crippen molar-refractivity contribution < 1.29 is 14.7 Å². The monoisotopic (exact) mass is 252 g/mol. The van der Waals surface area contributed by atoms with Crippen LogP contribution >= 0.6 is 12.4 Å². The van der Waals surface area contributed by atoms with Crippen LogP contribution in [0.4, 0.5) is 0 Å². The molecule has 0 unspecified atom stereocenters. The zero-order valence-corrected chi connectivity index (χ0v) is 10.7. The van der Waals surface area contributed by atoms with Crippen LogP contribution < -0.4 is 5.32 Å². The Bertz CT molecular complexity index is 208.